The molecule has 4 nitrogen and oxygen atoms in total. The Hall–Kier alpha value is -0.520. The van der Waals surface area contributed by atoms with Crippen LogP contribution in [0.25, 0.3) is 0 Å². The van der Waals surface area contributed by atoms with E-state index >= 15 is 0 Å². The third-order valence-electron chi connectivity index (χ3n) is 2.93. The molecule has 0 saturated carbocycles. The van der Waals surface area contributed by atoms with Crippen molar-refractivity contribution < 1.29 is 4.74 Å². The number of nitrogens with zero attached hydrogens (tertiary/aromatic N) is 2. The van der Waals surface area contributed by atoms with E-state index < -0.39 is 0 Å². The molecule has 2 atom stereocenters. The Morgan fingerprint density at radius 2 is 2.38 bits per heavy atom. The fourth-order valence-corrected chi connectivity index (χ4v) is 2.98. The van der Waals surface area contributed by atoms with Gasteiger partial charge in [0.1, 0.15) is 16.1 Å². The van der Waals surface area contributed by atoms with Gasteiger partial charge in [0.15, 0.2) is 0 Å². The molecular weight excluding hydrogens is 222 g/mol. The highest BCUT2D eigenvalue weighted by Gasteiger charge is 2.28. The molecule has 1 aliphatic heterocycles. The molecule has 0 bridgehead atoms. The first kappa shape index (κ1) is 12.0. The highest BCUT2D eigenvalue weighted by molar-refractivity contribution is 7.11. The van der Waals surface area contributed by atoms with E-state index in [1.807, 2.05) is 7.05 Å². The van der Waals surface area contributed by atoms with Crippen LogP contribution in [0.5, 0.6) is 0 Å². The lowest BCUT2D eigenvalue weighted by molar-refractivity contribution is 0.0937. The molecule has 2 rings (SSSR count). The second-order valence-corrected chi connectivity index (χ2v) is 5.39. The number of rotatable bonds is 5. The lowest BCUT2D eigenvalue weighted by Gasteiger charge is -2.09. The van der Waals surface area contributed by atoms with Crippen LogP contribution < -0.4 is 5.32 Å². The quantitative estimate of drug-likeness (QED) is 0.798. The predicted octanol–water partition coefficient (Wildman–Crippen LogP) is 1.79. The third kappa shape index (κ3) is 2.78. The summed E-state index contributed by atoms with van der Waals surface area (Å²) in [5.41, 5.74) is 0. The summed E-state index contributed by atoms with van der Waals surface area (Å²) in [7, 11) is 1.97. The van der Waals surface area contributed by atoms with Crippen LogP contribution >= 0.6 is 11.3 Å². The molecule has 5 heteroatoms. The van der Waals surface area contributed by atoms with Gasteiger partial charge in [-0.3, -0.25) is 0 Å². The highest BCUT2D eigenvalue weighted by Crippen LogP contribution is 2.35. The van der Waals surface area contributed by atoms with E-state index in [1.54, 1.807) is 11.3 Å². The van der Waals surface area contributed by atoms with E-state index in [2.05, 4.69) is 22.4 Å². The van der Waals surface area contributed by atoms with Crippen LogP contribution in [-0.4, -0.2) is 30.4 Å². The normalized spacial score (nSPS) is 25.1. The van der Waals surface area contributed by atoms with Crippen molar-refractivity contribution in [2.45, 2.75) is 32.3 Å². The van der Waals surface area contributed by atoms with Crippen LogP contribution in [-0.2, 0) is 11.2 Å². The van der Waals surface area contributed by atoms with E-state index in [9.17, 15) is 0 Å². The molecule has 2 unspecified atom stereocenters. The van der Waals surface area contributed by atoms with Crippen molar-refractivity contribution in [2.24, 2.45) is 5.92 Å². The Labute approximate surface area is 100 Å². The van der Waals surface area contributed by atoms with Gasteiger partial charge in [-0.15, -0.1) is 10.2 Å². The Bertz CT molecular complexity index is 329. The predicted molar refractivity (Wildman–Crippen MR) is 64.6 cm³/mol. The molecule has 1 aromatic heterocycles. The summed E-state index contributed by atoms with van der Waals surface area (Å²) in [6, 6.07) is 0. The Kier molecular flexibility index (Phi) is 4.26. The molecular formula is C11H19N3OS. The first-order valence-corrected chi connectivity index (χ1v) is 6.71. The van der Waals surface area contributed by atoms with E-state index in [1.165, 1.54) is 0 Å². The summed E-state index contributed by atoms with van der Waals surface area (Å²) in [5, 5.41) is 13.8. The van der Waals surface area contributed by atoms with Crippen LogP contribution in [0.3, 0.4) is 0 Å². The number of hydrogen-bond acceptors (Lipinski definition) is 5. The van der Waals surface area contributed by atoms with Gasteiger partial charge in [0.25, 0.3) is 0 Å². The number of aromatic nitrogens is 2. The summed E-state index contributed by atoms with van der Waals surface area (Å²) in [4.78, 5) is 0. The molecule has 0 radical (unpaired) electrons. The van der Waals surface area contributed by atoms with E-state index in [0.717, 1.165) is 42.4 Å². The Balaban J connectivity index is 1.91. The zero-order valence-corrected chi connectivity index (χ0v) is 10.7. The average molecular weight is 241 g/mol. The van der Waals surface area contributed by atoms with E-state index in [0.29, 0.717) is 5.92 Å². The minimum Gasteiger partial charge on any atom is -0.371 e. The zero-order valence-electron chi connectivity index (χ0n) is 9.90. The third-order valence-corrected chi connectivity index (χ3v) is 3.98. The maximum Gasteiger partial charge on any atom is 0.146 e. The van der Waals surface area contributed by atoms with Crippen LogP contribution in [0.15, 0.2) is 0 Å². The maximum atomic E-state index is 5.69. The minimum absolute atomic E-state index is 0.190. The second kappa shape index (κ2) is 5.70. The summed E-state index contributed by atoms with van der Waals surface area (Å²) in [6.07, 6.45) is 3.46. The largest absolute Gasteiger partial charge is 0.371 e. The summed E-state index contributed by atoms with van der Waals surface area (Å²) >= 11 is 1.71. The highest BCUT2D eigenvalue weighted by atomic mass is 32.1. The lowest BCUT2D eigenvalue weighted by atomic mass is 10.1. The van der Waals surface area contributed by atoms with Crippen molar-refractivity contribution in [3.05, 3.63) is 10.0 Å². The molecule has 1 saturated heterocycles. The molecule has 1 fully saturated rings. The standard InChI is InChI=1S/C11H19N3OS/c1-8-5-7-15-10(8)11-14-13-9(16-11)4-3-6-12-2/h8,10,12H,3-7H2,1-2H3. The van der Waals surface area contributed by atoms with Crippen LogP contribution in [0, 0.1) is 5.92 Å². The Morgan fingerprint density at radius 1 is 1.50 bits per heavy atom. The molecule has 1 aromatic rings. The summed E-state index contributed by atoms with van der Waals surface area (Å²) in [6.45, 7) is 4.12. The first-order chi connectivity index (χ1) is 7.81. The number of nitrogens with one attached hydrogen (secondary N) is 1. The number of aryl methyl sites for hydroxylation is 1. The van der Waals surface area contributed by atoms with Gasteiger partial charge in [0, 0.05) is 13.0 Å². The SMILES string of the molecule is CNCCCc1nnc(C2OCCC2C)s1. The number of hydrogen-bond donors (Lipinski definition) is 1. The average Bonchev–Trinajstić information content (AvgIpc) is 2.87. The summed E-state index contributed by atoms with van der Waals surface area (Å²) in [5.74, 6) is 0.582. The van der Waals surface area contributed by atoms with Gasteiger partial charge in [-0.1, -0.05) is 18.3 Å². The molecule has 0 aromatic carbocycles. The van der Waals surface area contributed by atoms with Crippen molar-refractivity contribution >= 4 is 11.3 Å². The molecule has 1 aliphatic rings. The van der Waals surface area contributed by atoms with Crippen molar-refractivity contribution in [3.8, 4) is 0 Å². The Morgan fingerprint density at radius 3 is 3.06 bits per heavy atom. The molecule has 90 valence electrons. The van der Waals surface area contributed by atoms with Crippen LogP contribution in [0.1, 0.15) is 35.9 Å². The van der Waals surface area contributed by atoms with Crippen molar-refractivity contribution in [1.29, 1.82) is 0 Å². The molecule has 0 amide bonds. The van der Waals surface area contributed by atoms with Crippen LogP contribution in [0.4, 0.5) is 0 Å². The van der Waals surface area contributed by atoms with Gasteiger partial charge < -0.3 is 10.1 Å². The van der Waals surface area contributed by atoms with Gasteiger partial charge in [0.2, 0.25) is 0 Å². The smallest absolute Gasteiger partial charge is 0.146 e. The lowest BCUT2D eigenvalue weighted by Crippen LogP contribution is -2.08. The minimum atomic E-state index is 0.190. The van der Waals surface area contributed by atoms with Crippen molar-refractivity contribution in [1.82, 2.24) is 15.5 Å². The summed E-state index contributed by atoms with van der Waals surface area (Å²) < 4.78 is 5.69. The fourth-order valence-electron chi connectivity index (χ4n) is 1.91. The van der Waals surface area contributed by atoms with E-state index in [4.69, 9.17) is 4.74 Å². The topological polar surface area (TPSA) is 47.0 Å². The molecule has 1 N–H and O–H groups in total. The molecule has 16 heavy (non-hydrogen) atoms. The maximum absolute atomic E-state index is 5.69. The molecule has 0 aliphatic carbocycles. The monoisotopic (exact) mass is 241 g/mol. The van der Waals surface area contributed by atoms with Gasteiger partial charge in [-0.2, -0.15) is 0 Å². The molecule has 2 heterocycles. The zero-order chi connectivity index (χ0) is 11.4. The second-order valence-electron chi connectivity index (χ2n) is 4.30. The fraction of sp³-hybridized carbons (Fsp3) is 0.818. The number of ether oxygens (including phenoxy) is 1. The first-order valence-electron chi connectivity index (χ1n) is 5.89. The van der Waals surface area contributed by atoms with Crippen LogP contribution in [0.2, 0.25) is 0 Å². The van der Waals surface area contributed by atoms with Gasteiger partial charge in [-0.25, -0.2) is 0 Å². The van der Waals surface area contributed by atoms with Gasteiger partial charge >= 0.3 is 0 Å². The van der Waals surface area contributed by atoms with Gasteiger partial charge in [0.05, 0.1) is 0 Å². The van der Waals surface area contributed by atoms with Gasteiger partial charge in [-0.05, 0) is 32.4 Å². The molecule has 0 spiro atoms. The van der Waals surface area contributed by atoms with Crippen molar-refractivity contribution in [3.63, 3.8) is 0 Å². The van der Waals surface area contributed by atoms with E-state index in [-0.39, 0.29) is 6.10 Å². The van der Waals surface area contributed by atoms with Crippen molar-refractivity contribution in [2.75, 3.05) is 20.2 Å².